The van der Waals surface area contributed by atoms with Gasteiger partial charge in [0.2, 0.25) is 0 Å². The van der Waals surface area contributed by atoms with Gasteiger partial charge in [0.05, 0.1) is 50.2 Å². The van der Waals surface area contributed by atoms with Gasteiger partial charge in [-0.2, -0.15) is 15.8 Å². The topological polar surface area (TPSA) is 98.0 Å². The van der Waals surface area contributed by atoms with E-state index in [1.54, 1.807) is 0 Å². The molecule has 7 heteroatoms. The summed E-state index contributed by atoms with van der Waals surface area (Å²) in [6.07, 6.45) is 0. The van der Waals surface area contributed by atoms with E-state index >= 15 is 0 Å². The molecule has 0 unspecified atom stereocenters. The Morgan fingerprint density at radius 2 is 0.924 bits per heavy atom. The summed E-state index contributed by atoms with van der Waals surface area (Å²) in [7, 11) is 0. The van der Waals surface area contributed by atoms with Gasteiger partial charge >= 0.3 is 0 Å². The van der Waals surface area contributed by atoms with Gasteiger partial charge in [-0.3, -0.25) is 0 Å². The number of hydrogen-bond donors (Lipinski definition) is 0. The third kappa shape index (κ3) is 4.23. The highest BCUT2D eigenvalue weighted by Crippen LogP contribution is 2.70. The van der Waals surface area contributed by atoms with Gasteiger partial charge in [0, 0.05) is 44.5 Å². The van der Waals surface area contributed by atoms with Gasteiger partial charge in [0.1, 0.15) is 29.4 Å². The van der Waals surface area contributed by atoms with Crippen LogP contribution in [0.15, 0.2) is 188 Å². The average molecular weight is 842 g/mol. The summed E-state index contributed by atoms with van der Waals surface area (Å²) in [6, 6.07) is 70.8. The average Bonchev–Trinajstić information content (AvgIpc) is 4.07. The molecule has 0 radical (unpaired) electrons. The zero-order valence-corrected chi connectivity index (χ0v) is 35.0. The molecule has 0 saturated carbocycles. The van der Waals surface area contributed by atoms with E-state index in [9.17, 15) is 15.8 Å². The third-order valence-electron chi connectivity index (χ3n) is 14.2. The van der Waals surface area contributed by atoms with E-state index < -0.39 is 11.2 Å². The Balaban J connectivity index is 1.17. The van der Waals surface area contributed by atoms with E-state index in [1.165, 1.54) is 0 Å². The van der Waals surface area contributed by atoms with Crippen molar-refractivity contribution in [3.8, 4) is 57.6 Å². The van der Waals surface area contributed by atoms with Crippen molar-refractivity contribution in [3.63, 3.8) is 0 Å². The van der Waals surface area contributed by atoms with Crippen molar-refractivity contribution in [3.05, 3.63) is 238 Å². The first-order valence-electron chi connectivity index (χ1n) is 21.9. The van der Waals surface area contributed by atoms with Crippen LogP contribution in [0.3, 0.4) is 0 Å². The third-order valence-corrected chi connectivity index (χ3v) is 14.2. The standard InChI is InChI=1S/C59H31N5O2/c60-32-41-42(33-61)56(64-49-28-14-15-29-52(49)65-57-51(64)31-30-50-53(57)40-22-8-13-27-48(40)63(50)35-16-2-1-3-17-35)43(34-62)55-54(41)58(44-23-9-4-18-36(44)37-19-5-10-24-45(37)58)66-59(55)46-25-11-6-20-38(46)39-21-7-12-26-47(39)59/h1-31H. The lowest BCUT2D eigenvalue weighted by Crippen LogP contribution is -2.34. The Morgan fingerprint density at radius 1 is 0.424 bits per heavy atom. The molecule has 1 aromatic heterocycles. The molecule has 14 rings (SSSR count). The Morgan fingerprint density at radius 3 is 1.52 bits per heavy atom. The quantitative estimate of drug-likeness (QED) is 0.172. The van der Waals surface area contributed by atoms with Gasteiger partial charge in [-0.15, -0.1) is 0 Å². The second-order valence-electron chi connectivity index (χ2n) is 17.1. The summed E-state index contributed by atoms with van der Waals surface area (Å²) >= 11 is 0. The molecule has 2 aliphatic heterocycles. The fraction of sp³-hybridized carbons (Fsp3) is 0.0339. The molecule has 9 aromatic carbocycles. The molecule has 0 N–H and O–H groups in total. The van der Waals surface area contributed by atoms with E-state index in [2.05, 4.69) is 102 Å². The molecular formula is C59H31N5O2. The zero-order chi connectivity index (χ0) is 43.9. The van der Waals surface area contributed by atoms with Crippen molar-refractivity contribution in [2.24, 2.45) is 0 Å². The van der Waals surface area contributed by atoms with E-state index in [0.717, 1.165) is 72.0 Å². The first-order valence-corrected chi connectivity index (χ1v) is 21.9. The van der Waals surface area contributed by atoms with Crippen molar-refractivity contribution in [1.29, 1.82) is 15.8 Å². The van der Waals surface area contributed by atoms with Crippen LogP contribution >= 0.6 is 0 Å². The number of hydrogen-bond acceptors (Lipinski definition) is 6. The van der Waals surface area contributed by atoms with Gasteiger partial charge in [-0.1, -0.05) is 146 Å². The maximum absolute atomic E-state index is 12.1. The first-order chi connectivity index (χ1) is 32.6. The molecule has 7 nitrogen and oxygen atoms in total. The van der Waals surface area contributed by atoms with E-state index in [1.807, 2.05) is 114 Å². The molecule has 10 aromatic rings. The maximum Gasteiger partial charge on any atom is 0.161 e. The van der Waals surface area contributed by atoms with E-state index in [0.29, 0.717) is 39.7 Å². The van der Waals surface area contributed by atoms with Crippen LogP contribution in [-0.4, -0.2) is 4.57 Å². The smallest absolute Gasteiger partial charge is 0.161 e. The normalized spacial score (nSPS) is 14.6. The SMILES string of the molecule is N#Cc1c(C#N)c2c(c(C#N)c1N1c3ccccc3Oc3c1ccc1c3c3ccccc3n1-c1ccccc1)C1(OC23c2ccccc2-c2ccccc23)c2ccccc2-c2ccccc21. The molecule has 0 atom stereocenters. The number of para-hydroxylation sites is 4. The van der Waals surface area contributed by atoms with Crippen LogP contribution in [0, 0.1) is 34.0 Å². The number of fused-ring (bicyclic) bond motifs is 19. The highest BCUT2D eigenvalue weighted by Gasteiger charge is 2.65. The molecule has 0 saturated heterocycles. The molecule has 2 aliphatic carbocycles. The minimum absolute atomic E-state index is 0.0729. The van der Waals surface area contributed by atoms with Gasteiger partial charge in [-0.25, -0.2) is 0 Å². The van der Waals surface area contributed by atoms with Crippen LogP contribution in [0.5, 0.6) is 11.5 Å². The zero-order valence-electron chi connectivity index (χ0n) is 35.0. The Kier molecular flexibility index (Phi) is 7.12. The highest BCUT2D eigenvalue weighted by molar-refractivity contribution is 6.16. The predicted molar refractivity (Wildman–Crippen MR) is 254 cm³/mol. The van der Waals surface area contributed by atoms with Crippen molar-refractivity contribution < 1.29 is 9.47 Å². The predicted octanol–water partition coefficient (Wildman–Crippen LogP) is 13.5. The summed E-state index contributed by atoms with van der Waals surface area (Å²) in [5, 5.41) is 37.6. The van der Waals surface area contributed by atoms with Crippen molar-refractivity contribution in [1.82, 2.24) is 4.57 Å². The second kappa shape index (κ2) is 12.9. The summed E-state index contributed by atoms with van der Waals surface area (Å²) in [6.45, 7) is 0. The van der Waals surface area contributed by atoms with E-state index in [4.69, 9.17) is 9.47 Å². The number of rotatable bonds is 2. The molecule has 4 aliphatic rings. The van der Waals surface area contributed by atoms with Crippen LogP contribution in [0.2, 0.25) is 0 Å². The minimum Gasteiger partial charge on any atom is -0.452 e. The minimum atomic E-state index is -1.39. The van der Waals surface area contributed by atoms with Crippen LogP contribution in [0.4, 0.5) is 17.1 Å². The number of aromatic nitrogens is 1. The molecule has 0 amide bonds. The Labute approximate surface area is 379 Å². The van der Waals surface area contributed by atoms with Gasteiger partial charge in [0.25, 0.3) is 0 Å². The lowest BCUT2D eigenvalue weighted by molar-refractivity contribution is -0.0488. The van der Waals surface area contributed by atoms with E-state index in [-0.39, 0.29) is 16.7 Å². The fourth-order valence-electron chi connectivity index (χ4n) is 11.8. The molecule has 2 spiro atoms. The van der Waals surface area contributed by atoms with Crippen molar-refractivity contribution in [2.75, 3.05) is 4.90 Å². The summed E-state index contributed by atoms with van der Waals surface area (Å²) in [4.78, 5) is 1.97. The number of anilines is 3. The highest BCUT2D eigenvalue weighted by atomic mass is 16.5. The first kappa shape index (κ1) is 36.3. The number of benzene rings is 9. The molecule has 0 bridgehead atoms. The van der Waals surface area contributed by atoms with Gasteiger partial charge in [-0.05, 0) is 64.7 Å². The lowest BCUT2D eigenvalue weighted by Gasteiger charge is -2.36. The molecule has 3 heterocycles. The summed E-state index contributed by atoms with van der Waals surface area (Å²) in [5.41, 5.74) is 10.5. The Bertz CT molecular complexity index is 3870. The van der Waals surface area contributed by atoms with Crippen molar-refractivity contribution >= 4 is 38.9 Å². The summed E-state index contributed by atoms with van der Waals surface area (Å²) in [5.74, 6) is 1.11. The van der Waals surface area contributed by atoms with Crippen LogP contribution in [0.1, 0.15) is 50.1 Å². The van der Waals surface area contributed by atoms with Gasteiger partial charge < -0.3 is 18.9 Å². The number of ether oxygens (including phenoxy) is 2. The molecule has 0 fully saturated rings. The summed E-state index contributed by atoms with van der Waals surface area (Å²) < 4.78 is 17.4. The molecule has 66 heavy (non-hydrogen) atoms. The van der Waals surface area contributed by atoms with Gasteiger partial charge in [0.15, 0.2) is 11.5 Å². The second-order valence-corrected chi connectivity index (χ2v) is 17.1. The lowest BCUT2D eigenvalue weighted by atomic mass is 9.73. The Hall–Kier alpha value is -9.19. The maximum atomic E-state index is 12.1. The fourth-order valence-corrected chi connectivity index (χ4v) is 11.8. The van der Waals surface area contributed by atoms with Crippen LogP contribution in [0.25, 0.3) is 49.7 Å². The van der Waals surface area contributed by atoms with Crippen LogP contribution in [-0.2, 0) is 15.9 Å². The number of nitriles is 3. The molecule has 304 valence electrons. The molecular weight excluding hydrogens is 811 g/mol. The monoisotopic (exact) mass is 841 g/mol. The largest absolute Gasteiger partial charge is 0.452 e. The van der Waals surface area contributed by atoms with Crippen molar-refractivity contribution in [2.45, 2.75) is 11.2 Å². The number of nitrogens with zero attached hydrogens (tertiary/aromatic N) is 5. The van der Waals surface area contributed by atoms with Crippen LogP contribution < -0.4 is 9.64 Å².